The van der Waals surface area contributed by atoms with Gasteiger partial charge in [0.1, 0.15) is 0 Å². The van der Waals surface area contributed by atoms with Crippen LogP contribution in [0.2, 0.25) is 0 Å². The number of ketones is 1. The molecule has 6 heteroatoms. The number of hydrogen-bond acceptors (Lipinski definition) is 4. The SMILES string of the molecule is CC1(C)OB(c2ccccc2CN2C(=O)C(=O)c3ccccc32)OC1(C)C. The second kappa shape index (κ2) is 6.04. The van der Waals surface area contributed by atoms with E-state index >= 15 is 0 Å². The van der Waals surface area contributed by atoms with E-state index in [9.17, 15) is 9.59 Å². The monoisotopic (exact) mass is 363 g/mol. The molecule has 138 valence electrons. The van der Waals surface area contributed by atoms with Crippen molar-refractivity contribution in [2.24, 2.45) is 0 Å². The van der Waals surface area contributed by atoms with Gasteiger partial charge in [0.05, 0.1) is 29.0 Å². The molecule has 0 spiro atoms. The van der Waals surface area contributed by atoms with Gasteiger partial charge < -0.3 is 14.2 Å². The standard InChI is InChI=1S/C21H22BNO4/c1-20(2)21(3,4)27-22(26-20)16-11-7-5-9-14(16)13-23-17-12-8-6-10-15(17)18(24)19(23)25/h5-12H,13H2,1-4H3. The first kappa shape index (κ1) is 18.0. The molecule has 0 aromatic heterocycles. The normalized spacial score (nSPS) is 20.3. The van der Waals surface area contributed by atoms with Gasteiger partial charge in [0, 0.05) is 0 Å². The minimum atomic E-state index is -0.519. The van der Waals surface area contributed by atoms with E-state index in [4.69, 9.17) is 9.31 Å². The lowest BCUT2D eigenvalue weighted by atomic mass is 9.76. The summed E-state index contributed by atoms with van der Waals surface area (Å²) in [5.74, 6) is -0.960. The van der Waals surface area contributed by atoms with E-state index in [1.807, 2.05) is 58.0 Å². The van der Waals surface area contributed by atoms with Gasteiger partial charge in [-0.3, -0.25) is 9.59 Å². The van der Waals surface area contributed by atoms with Crippen molar-refractivity contribution >= 4 is 30.0 Å². The Bertz CT molecular complexity index is 921. The van der Waals surface area contributed by atoms with Crippen LogP contribution in [0.1, 0.15) is 43.6 Å². The van der Waals surface area contributed by atoms with Crippen molar-refractivity contribution in [1.29, 1.82) is 0 Å². The summed E-state index contributed by atoms with van der Waals surface area (Å²) in [5.41, 5.74) is 1.98. The van der Waals surface area contributed by atoms with Crippen LogP contribution in [0.3, 0.4) is 0 Å². The molecule has 1 saturated heterocycles. The lowest BCUT2D eigenvalue weighted by Gasteiger charge is -2.32. The van der Waals surface area contributed by atoms with Crippen LogP contribution >= 0.6 is 0 Å². The van der Waals surface area contributed by atoms with Crippen molar-refractivity contribution in [3.8, 4) is 0 Å². The summed E-state index contributed by atoms with van der Waals surface area (Å²) >= 11 is 0. The quantitative estimate of drug-likeness (QED) is 0.622. The Labute approximate surface area is 159 Å². The second-order valence-electron chi connectivity index (χ2n) is 8.02. The first-order chi connectivity index (χ1) is 12.7. The van der Waals surface area contributed by atoms with Crippen LogP contribution in [0.25, 0.3) is 0 Å². The molecule has 27 heavy (non-hydrogen) atoms. The van der Waals surface area contributed by atoms with Crippen LogP contribution in [-0.2, 0) is 20.6 Å². The van der Waals surface area contributed by atoms with Crippen LogP contribution in [0.15, 0.2) is 48.5 Å². The van der Waals surface area contributed by atoms with Crippen LogP contribution in [-0.4, -0.2) is 30.0 Å². The Kier molecular flexibility index (Phi) is 4.02. The molecular formula is C21H22BNO4. The van der Waals surface area contributed by atoms with Gasteiger partial charge >= 0.3 is 7.12 Å². The van der Waals surface area contributed by atoms with Gasteiger partial charge in [0.15, 0.2) is 0 Å². The third kappa shape index (κ3) is 2.80. The first-order valence-corrected chi connectivity index (χ1v) is 9.10. The third-order valence-corrected chi connectivity index (χ3v) is 5.77. The molecule has 0 N–H and O–H groups in total. The van der Waals surface area contributed by atoms with Crippen molar-refractivity contribution in [2.45, 2.75) is 45.4 Å². The van der Waals surface area contributed by atoms with Gasteiger partial charge in [-0.15, -0.1) is 0 Å². The van der Waals surface area contributed by atoms with Gasteiger partial charge in [-0.1, -0.05) is 36.4 Å². The van der Waals surface area contributed by atoms with Gasteiger partial charge in [-0.25, -0.2) is 0 Å². The summed E-state index contributed by atoms with van der Waals surface area (Å²) in [5, 5.41) is 0. The highest BCUT2D eigenvalue weighted by atomic mass is 16.7. The fraction of sp³-hybridized carbons (Fsp3) is 0.333. The molecule has 0 atom stereocenters. The van der Waals surface area contributed by atoms with E-state index in [1.165, 1.54) is 4.90 Å². The maximum Gasteiger partial charge on any atom is 0.495 e. The number of carbonyl (C=O) groups excluding carboxylic acids is 2. The molecule has 0 saturated carbocycles. The first-order valence-electron chi connectivity index (χ1n) is 9.10. The molecule has 1 amide bonds. The molecule has 2 aliphatic rings. The van der Waals surface area contributed by atoms with Crippen LogP contribution < -0.4 is 10.4 Å². The summed E-state index contributed by atoms with van der Waals surface area (Å²) in [6.07, 6.45) is 0. The van der Waals surface area contributed by atoms with Crippen molar-refractivity contribution in [3.63, 3.8) is 0 Å². The molecule has 0 bridgehead atoms. The van der Waals surface area contributed by atoms with Gasteiger partial charge in [-0.05, 0) is 50.9 Å². The topological polar surface area (TPSA) is 55.8 Å². The minimum Gasteiger partial charge on any atom is -0.399 e. The average Bonchev–Trinajstić information content (AvgIpc) is 2.99. The molecular weight excluding hydrogens is 341 g/mol. The van der Waals surface area contributed by atoms with Gasteiger partial charge in [0.2, 0.25) is 0 Å². The lowest BCUT2D eigenvalue weighted by Crippen LogP contribution is -2.41. The highest BCUT2D eigenvalue weighted by molar-refractivity contribution is 6.62. The predicted molar refractivity (Wildman–Crippen MR) is 104 cm³/mol. The van der Waals surface area contributed by atoms with E-state index in [0.29, 0.717) is 17.8 Å². The Hall–Kier alpha value is -2.44. The maximum absolute atomic E-state index is 12.5. The number of amides is 1. The average molecular weight is 363 g/mol. The summed E-state index contributed by atoms with van der Waals surface area (Å²) < 4.78 is 12.4. The maximum atomic E-state index is 12.5. The van der Waals surface area contributed by atoms with Crippen molar-refractivity contribution in [3.05, 3.63) is 59.7 Å². The minimum absolute atomic E-state index is 0.293. The molecule has 5 nitrogen and oxygen atoms in total. The zero-order valence-corrected chi connectivity index (χ0v) is 16.0. The van der Waals surface area contributed by atoms with E-state index in [1.54, 1.807) is 18.2 Å². The zero-order chi connectivity index (χ0) is 19.4. The van der Waals surface area contributed by atoms with E-state index < -0.39 is 30.0 Å². The van der Waals surface area contributed by atoms with Gasteiger partial charge in [-0.2, -0.15) is 0 Å². The number of anilines is 1. The number of hydrogen-bond donors (Lipinski definition) is 0. The number of nitrogens with zero attached hydrogens (tertiary/aromatic N) is 1. The Balaban J connectivity index is 1.68. The van der Waals surface area contributed by atoms with Crippen molar-refractivity contribution < 1.29 is 18.9 Å². The Morgan fingerprint density at radius 3 is 2.19 bits per heavy atom. The molecule has 2 heterocycles. The number of Topliss-reactive ketones (excluding diaryl/α,β-unsaturated/α-hetero) is 1. The Morgan fingerprint density at radius 1 is 0.889 bits per heavy atom. The van der Waals surface area contributed by atoms with E-state index in [0.717, 1.165) is 11.0 Å². The molecule has 1 fully saturated rings. The third-order valence-electron chi connectivity index (χ3n) is 5.77. The summed E-state index contributed by atoms with van der Waals surface area (Å²) in [4.78, 5) is 26.3. The van der Waals surface area contributed by atoms with Crippen LogP contribution in [0.5, 0.6) is 0 Å². The number of benzene rings is 2. The summed E-state index contributed by atoms with van der Waals surface area (Å²) in [6, 6.07) is 14.8. The molecule has 0 radical (unpaired) electrons. The molecule has 2 aromatic rings. The van der Waals surface area contributed by atoms with Gasteiger partial charge in [0.25, 0.3) is 11.7 Å². The van der Waals surface area contributed by atoms with Crippen LogP contribution in [0.4, 0.5) is 5.69 Å². The largest absolute Gasteiger partial charge is 0.495 e. The smallest absolute Gasteiger partial charge is 0.399 e. The second-order valence-corrected chi connectivity index (χ2v) is 8.02. The number of para-hydroxylation sites is 1. The Morgan fingerprint density at radius 2 is 1.48 bits per heavy atom. The van der Waals surface area contributed by atoms with Crippen LogP contribution in [0, 0.1) is 0 Å². The zero-order valence-electron chi connectivity index (χ0n) is 16.0. The molecule has 2 aromatic carbocycles. The molecule has 2 aliphatic heterocycles. The van der Waals surface area contributed by atoms with E-state index in [2.05, 4.69) is 0 Å². The molecule has 0 aliphatic carbocycles. The molecule has 0 unspecified atom stereocenters. The van der Waals surface area contributed by atoms with E-state index in [-0.39, 0.29) is 0 Å². The number of carbonyl (C=O) groups is 2. The molecule has 4 rings (SSSR count). The highest BCUT2D eigenvalue weighted by Crippen LogP contribution is 2.37. The van der Waals surface area contributed by atoms with Crippen molar-refractivity contribution in [2.75, 3.05) is 4.90 Å². The number of fused-ring (bicyclic) bond motifs is 1. The lowest BCUT2D eigenvalue weighted by molar-refractivity contribution is -0.114. The summed E-state index contributed by atoms with van der Waals surface area (Å²) in [7, 11) is -0.519. The highest BCUT2D eigenvalue weighted by Gasteiger charge is 2.52. The fourth-order valence-electron chi connectivity index (χ4n) is 3.45. The fourth-order valence-corrected chi connectivity index (χ4v) is 3.45. The number of rotatable bonds is 3. The predicted octanol–water partition coefficient (Wildman–Crippen LogP) is 2.72. The summed E-state index contributed by atoms with van der Waals surface area (Å²) in [6.45, 7) is 8.33. The van der Waals surface area contributed by atoms with Crippen molar-refractivity contribution in [1.82, 2.24) is 0 Å².